The lowest BCUT2D eigenvalue weighted by atomic mass is 10.2. The SMILES string of the molecule is CS(C)(=O)=NCCc1ccc(Br)cc1. The molecule has 0 saturated carbocycles. The van der Waals surface area contributed by atoms with Gasteiger partial charge in [-0.25, -0.2) is 4.36 Å². The molecule has 14 heavy (non-hydrogen) atoms. The van der Waals surface area contributed by atoms with Crippen LogP contribution in [0.2, 0.25) is 0 Å². The molecule has 2 nitrogen and oxygen atoms in total. The maximum atomic E-state index is 11.3. The molecule has 0 aliphatic rings. The van der Waals surface area contributed by atoms with Crippen LogP contribution in [-0.4, -0.2) is 23.3 Å². The van der Waals surface area contributed by atoms with Crippen molar-refractivity contribution in [2.75, 3.05) is 19.1 Å². The van der Waals surface area contributed by atoms with E-state index in [1.807, 2.05) is 24.3 Å². The predicted octanol–water partition coefficient (Wildman–Crippen LogP) is 2.72. The van der Waals surface area contributed by atoms with Crippen LogP contribution in [0.3, 0.4) is 0 Å². The van der Waals surface area contributed by atoms with Crippen molar-refractivity contribution in [1.29, 1.82) is 0 Å². The fourth-order valence-electron chi connectivity index (χ4n) is 1.05. The summed E-state index contributed by atoms with van der Waals surface area (Å²) in [4.78, 5) is 0. The number of nitrogens with zero attached hydrogens (tertiary/aromatic N) is 1. The van der Waals surface area contributed by atoms with Gasteiger partial charge in [0.25, 0.3) is 0 Å². The molecule has 0 unspecified atom stereocenters. The van der Waals surface area contributed by atoms with Crippen LogP contribution >= 0.6 is 15.9 Å². The first-order valence-electron chi connectivity index (χ1n) is 4.35. The Morgan fingerprint density at radius 3 is 2.36 bits per heavy atom. The van der Waals surface area contributed by atoms with Gasteiger partial charge in [0.2, 0.25) is 0 Å². The largest absolute Gasteiger partial charge is 0.250 e. The third-order valence-corrected chi connectivity index (χ3v) is 3.05. The molecular weight excluding hydrogens is 262 g/mol. The maximum absolute atomic E-state index is 11.3. The van der Waals surface area contributed by atoms with Gasteiger partial charge in [-0.2, -0.15) is 0 Å². The first-order chi connectivity index (χ1) is 6.47. The molecule has 1 aromatic carbocycles. The average molecular weight is 276 g/mol. The third-order valence-electron chi connectivity index (χ3n) is 1.72. The highest BCUT2D eigenvalue weighted by Crippen LogP contribution is 2.10. The summed E-state index contributed by atoms with van der Waals surface area (Å²) in [6.45, 7) is 0.632. The number of halogens is 1. The van der Waals surface area contributed by atoms with Gasteiger partial charge in [0, 0.05) is 26.7 Å². The topological polar surface area (TPSA) is 29.4 Å². The highest BCUT2D eigenvalue weighted by atomic mass is 79.9. The summed E-state index contributed by atoms with van der Waals surface area (Å²) in [7, 11) is -1.94. The molecule has 0 heterocycles. The van der Waals surface area contributed by atoms with Gasteiger partial charge >= 0.3 is 0 Å². The van der Waals surface area contributed by atoms with Crippen molar-refractivity contribution in [3.8, 4) is 0 Å². The Hall–Kier alpha value is -0.350. The molecule has 0 aliphatic carbocycles. The van der Waals surface area contributed by atoms with E-state index in [-0.39, 0.29) is 0 Å². The maximum Gasteiger partial charge on any atom is 0.0524 e. The van der Waals surface area contributed by atoms with Crippen molar-refractivity contribution in [1.82, 2.24) is 0 Å². The summed E-state index contributed by atoms with van der Waals surface area (Å²) in [5, 5.41) is 0. The van der Waals surface area contributed by atoms with Gasteiger partial charge in [0.1, 0.15) is 0 Å². The average Bonchev–Trinajstić information content (AvgIpc) is 2.06. The van der Waals surface area contributed by atoms with E-state index in [2.05, 4.69) is 20.3 Å². The van der Waals surface area contributed by atoms with Crippen LogP contribution in [0.25, 0.3) is 0 Å². The lowest BCUT2D eigenvalue weighted by molar-refractivity contribution is 0.682. The van der Waals surface area contributed by atoms with Crippen LogP contribution in [0.4, 0.5) is 0 Å². The molecule has 0 radical (unpaired) electrons. The highest BCUT2D eigenvalue weighted by molar-refractivity contribution is 9.10. The smallest absolute Gasteiger partial charge is 0.0524 e. The second-order valence-corrected chi connectivity index (χ2v) is 6.95. The predicted molar refractivity (Wildman–Crippen MR) is 65.1 cm³/mol. The standard InChI is InChI=1S/C10H14BrNOS/c1-14(2,13)12-8-7-9-3-5-10(11)6-4-9/h3-6H,7-8H2,1-2H3. The minimum atomic E-state index is -1.94. The molecule has 1 aromatic rings. The zero-order valence-electron chi connectivity index (χ0n) is 8.37. The number of hydrogen-bond donors (Lipinski definition) is 0. The van der Waals surface area contributed by atoms with Gasteiger partial charge in [-0.3, -0.25) is 4.21 Å². The summed E-state index contributed by atoms with van der Waals surface area (Å²) in [5.74, 6) is 0. The first kappa shape index (κ1) is 11.7. The lowest BCUT2D eigenvalue weighted by Crippen LogP contribution is -1.96. The molecule has 0 fully saturated rings. The van der Waals surface area contributed by atoms with E-state index in [0.717, 1.165) is 10.9 Å². The van der Waals surface area contributed by atoms with Crippen molar-refractivity contribution < 1.29 is 4.21 Å². The van der Waals surface area contributed by atoms with Gasteiger partial charge < -0.3 is 0 Å². The molecule has 0 spiro atoms. The van der Waals surface area contributed by atoms with Gasteiger partial charge in [0.15, 0.2) is 0 Å². The van der Waals surface area contributed by atoms with Crippen LogP contribution in [0.5, 0.6) is 0 Å². The Kier molecular flexibility index (Phi) is 4.13. The monoisotopic (exact) mass is 275 g/mol. The zero-order valence-corrected chi connectivity index (χ0v) is 10.8. The molecule has 0 saturated heterocycles. The van der Waals surface area contributed by atoms with Crippen LogP contribution in [-0.2, 0) is 16.1 Å². The van der Waals surface area contributed by atoms with Crippen molar-refractivity contribution in [3.63, 3.8) is 0 Å². The molecule has 0 amide bonds. The van der Waals surface area contributed by atoms with Crippen molar-refractivity contribution >= 4 is 25.7 Å². The van der Waals surface area contributed by atoms with Crippen molar-refractivity contribution in [2.45, 2.75) is 6.42 Å². The lowest BCUT2D eigenvalue weighted by Gasteiger charge is -1.99. The summed E-state index contributed by atoms with van der Waals surface area (Å²) < 4.78 is 16.4. The van der Waals surface area contributed by atoms with E-state index in [1.165, 1.54) is 5.56 Å². The Morgan fingerprint density at radius 2 is 1.86 bits per heavy atom. The minimum Gasteiger partial charge on any atom is -0.250 e. The van der Waals surface area contributed by atoms with Crippen molar-refractivity contribution in [2.24, 2.45) is 4.36 Å². The molecule has 4 heteroatoms. The van der Waals surface area contributed by atoms with Crippen LogP contribution in [0.15, 0.2) is 33.1 Å². The van der Waals surface area contributed by atoms with E-state index in [0.29, 0.717) is 6.54 Å². The van der Waals surface area contributed by atoms with E-state index >= 15 is 0 Å². The fourth-order valence-corrected chi connectivity index (χ4v) is 1.84. The summed E-state index contributed by atoms with van der Waals surface area (Å²) >= 11 is 3.38. The second kappa shape index (κ2) is 4.94. The normalized spacial score (nSPS) is 11.4. The van der Waals surface area contributed by atoms with Gasteiger partial charge in [-0.05, 0) is 24.1 Å². The molecule has 78 valence electrons. The molecule has 0 bridgehead atoms. The zero-order chi connectivity index (χ0) is 10.6. The molecule has 0 N–H and O–H groups in total. The third kappa shape index (κ3) is 4.77. The quantitative estimate of drug-likeness (QED) is 0.834. The Balaban J connectivity index is 2.55. The molecule has 1 rings (SSSR count). The summed E-state index contributed by atoms with van der Waals surface area (Å²) in [5.41, 5.74) is 1.22. The van der Waals surface area contributed by atoms with Crippen molar-refractivity contribution in [3.05, 3.63) is 34.3 Å². The minimum absolute atomic E-state index is 0.632. The van der Waals surface area contributed by atoms with Gasteiger partial charge in [-0.15, -0.1) is 0 Å². The van der Waals surface area contributed by atoms with Crippen LogP contribution in [0.1, 0.15) is 5.56 Å². The van der Waals surface area contributed by atoms with Gasteiger partial charge in [-0.1, -0.05) is 28.1 Å². The summed E-state index contributed by atoms with van der Waals surface area (Å²) in [6.07, 6.45) is 4.18. The fraction of sp³-hybridized carbons (Fsp3) is 0.400. The van der Waals surface area contributed by atoms with Crippen LogP contribution < -0.4 is 0 Å². The Morgan fingerprint density at radius 1 is 1.29 bits per heavy atom. The number of rotatable bonds is 3. The van der Waals surface area contributed by atoms with Crippen LogP contribution in [0, 0.1) is 0 Å². The van der Waals surface area contributed by atoms with E-state index in [9.17, 15) is 4.21 Å². The van der Waals surface area contributed by atoms with E-state index in [1.54, 1.807) is 12.5 Å². The summed E-state index contributed by atoms with van der Waals surface area (Å²) in [6, 6.07) is 8.11. The van der Waals surface area contributed by atoms with E-state index < -0.39 is 9.73 Å². The number of benzene rings is 1. The Labute approximate surface area is 94.0 Å². The highest BCUT2D eigenvalue weighted by Gasteiger charge is 1.93. The van der Waals surface area contributed by atoms with E-state index in [4.69, 9.17) is 0 Å². The molecule has 0 aromatic heterocycles. The number of hydrogen-bond acceptors (Lipinski definition) is 2. The first-order valence-corrected chi connectivity index (χ1v) is 7.47. The Bertz CT molecular complexity index is 397. The second-order valence-electron chi connectivity index (χ2n) is 3.41. The van der Waals surface area contributed by atoms with Gasteiger partial charge in [0.05, 0.1) is 6.54 Å². The molecule has 0 aliphatic heterocycles. The molecule has 0 atom stereocenters. The molecular formula is C10H14BrNOS.